The van der Waals surface area contributed by atoms with Gasteiger partial charge >= 0.3 is 11.9 Å². The molecule has 9 nitrogen and oxygen atoms in total. The highest BCUT2D eigenvalue weighted by molar-refractivity contribution is 6.35. The van der Waals surface area contributed by atoms with Gasteiger partial charge < -0.3 is 25.6 Å². The number of hydrogen-bond acceptors (Lipinski definition) is 5. The number of benzene rings is 2. The minimum Gasteiger partial charge on any atom is -0.478 e. The number of carboxylic acid groups (broad SMARTS) is 2. The lowest BCUT2D eigenvalue weighted by Gasteiger charge is -2.23. The van der Waals surface area contributed by atoms with Gasteiger partial charge in [0.25, 0.3) is 0 Å². The third kappa shape index (κ3) is 6.91. The summed E-state index contributed by atoms with van der Waals surface area (Å²) in [4.78, 5) is 28.6. The monoisotopic (exact) mass is 524 g/mol. The number of carboxylic acids is 2. The fraction of sp³-hybridized carbons (Fsp3) is 0.259. The number of carbonyl (C=O) groups is 2. The zero-order chi connectivity index (χ0) is 25.5. The standard InChI is InChI=1S/C23H23ClN4.C4H4O4.H2O/c24-22-20-21(18-8-4-5-9-19(18)26-22)28(15-12-16-10-13-25-14-11-16)23(27-20)17-6-2-1-3-7-17;5-3(6)1-2-4(7)8;/h1-9,16,25H,10-15H2;1-2H,(H,5,6)(H,7,8);1H2. The highest BCUT2D eigenvalue weighted by atomic mass is 35.5. The maximum atomic E-state index is 9.55. The minimum atomic E-state index is -1.26. The fourth-order valence-corrected chi connectivity index (χ4v) is 4.67. The summed E-state index contributed by atoms with van der Waals surface area (Å²) in [6.45, 7) is 3.19. The van der Waals surface area contributed by atoms with Crippen molar-refractivity contribution in [1.29, 1.82) is 0 Å². The quantitative estimate of drug-likeness (QED) is 0.253. The molecule has 5 rings (SSSR count). The van der Waals surface area contributed by atoms with E-state index in [1.54, 1.807) is 0 Å². The van der Waals surface area contributed by atoms with Crippen LogP contribution in [0.4, 0.5) is 0 Å². The molecule has 0 atom stereocenters. The average molecular weight is 525 g/mol. The molecule has 2 aromatic heterocycles. The van der Waals surface area contributed by atoms with Crippen LogP contribution in [0.15, 0.2) is 66.7 Å². The molecule has 0 radical (unpaired) electrons. The number of piperidine rings is 1. The first kappa shape index (κ1) is 27.8. The molecule has 194 valence electrons. The number of fused-ring (bicyclic) bond motifs is 3. The van der Waals surface area contributed by atoms with E-state index in [9.17, 15) is 9.59 Å². The van der Waals surface area contributed by atoms with Gasteiger partial charge in [0.2, 0.25) is 0 Å². The van der Waals surface area contributed by atoms with Gasteiger partial charge in [-0.2, -0.15) is 0 Å². The molecule has 1 aliphatic rings. The smallest absolute Gasteiger partial charge is 0.328 e. The van der Waals surface area contributed by atoms with E-state index in [-0.39, 0.29) is 5.48 Å². The summed E-state index contributed by atoms with van der Waals surface area (Å²) in [7, 11) is 0. The Morgan fingerprint density at radius 1 is 0.973 bits per heavy atom. The van der Waals surface area contributed by atoms with Gasteiger partial charge in [0.1, 0.15) is 11.3 Å². The third-order valence-corrected chi connectivity index (χ3v) is 6.42. The number of aryl methyl sites for hydroxylation is 1. The number of hydrogen-bond donors (Lipinski definition) is 3. The molecular formula is C27H29ClN4O5. The van der Waals surface area contributed by atoms with Gasteiger partial charge in [0.05, 0.1) is 11.0 Å². The van der Waals surface area contributed by atoms with Gasteiger partial charge in [0, 0.05) is 29.6 Å². The maximum Gasteiger partial charge on any atom is 0.328 e. The van der Waals surface area contributed by atoms with E-state index in [0.717, 1.165) is 65.3 Å². The molecule has 0 spiro atoms. The summed E-state index contributed by atoms with van der Waals surface area (Å²) < 4.78 is 2.36. The second-order valence-electron chi connectivity index (χ2n) is 8.56. The highest BCUT2D eigenvalue weighted by Crippen LogP contribution is 2.34. The maximum absolute atomic E-state index is 9.55. The topological polar surface area (TPSA) is 149 Å². The van der Waals surface area contributed by atoms with Gasteiger partial charge in [-0.25, -0.2) is 19.6 Å². The summed E-state index contributed by atoms with van der Waals surface area (Å²) in [6, 6.07) is 18.6. The van der Waals surface area contributed by atoms with E-state index in [4.69, 9.17) is 26.8 Å². The Bertz CT molecular complexity index is 1380. The van der Waals surface area contributed by atoms with Crippen LogP contribution in [0.2, 0.25) is 5.15 Å². The van der Waals surface area contributed by atoms with Crippen molar-refractivity contribution < 1.29 is 25.3 Å². The predicted molar refractivity (Wildman–Crippen MR) is 144 cm³/mol. The minimum absolute atomic E-state index is 0. The van der Waals surface area contributed by atoms with Crippen molar-refractivity contribution in [2.24, 2.45) is 5.92 Å². The Hall–Kier alpha value is -3.79. The predicted octanol–water partition coefficient (Wildman–Crippen LogP) is 4.18. The van der Waals surface area contributed by atoms with E-state index in [1.165, 1.54) is 12.8 Å². The molecule has 1 saturated heterocycles. The first-order valence-electron chi connectivity index (χ1n) is 11.8. The Morgan fingerprint density at radius 3 is 2.24 bits per heavy atom. The van der Waals surface area contributed by atoms with Crippen LogP contribution in [0.5, 0.6) is 0 Å². The number of nitrogens with zero attached hydrogens (tertiary/aromatic N) is 3. The van der Waals surface area contributed by atoms with Crippen molar-refractivity contribution in [3.63, 3.8) is 0 Å². The van der Waals surface area contributed by atoms with Gasteiger partial charge in [-0.05, 0) is 44.3 Å². The van der Waals surface area contributed by atoms with Gasteiger partial charge in [-0.15, -0.1) is 0 Å². The van der Waals surface area contributed by atoms with Crippen molar-refractivity contribution in [3.05, 3.63) is 71.9 Å². The lowest BCUT2D eigenvalue weighted by atomic mass is 9.94. The molecule has 5 N–H and O–H groups in total. The molecule has 1 fully saturated rings. The Balaban J connectivity index is 0.000000370. The largest absolute Gasteiger partial charge is 0.478 e. The Kier molecular flexibility index (Phi) is 9.73. The lowest BCUT2D eigenvalue weighted by molar-refractivity contribution is -0.134. The SMILES string of the molecule is Clc1nc2ccccc2c2c1nc(-c1ccccc1)n2CCC1CCNCC1.O.O=C(O)C=CC(=O)O. The first-order valence-corrected chi connectivity index (χ1v) is 12.2. The summed E-state index contributed by atoms with van der Waals surface area (Å²) in [6.07, 6.45) is 4.76. The second-order valence-corrected chi connectivity index (χ2v) is 8.92. The van der Waals surface area contributed by atoms with Crippen LogP contribution in [0.1, 0.15) is 19.3 Å². The summed E-state index contributed by atoms with van der Waals surface area (Å²) >= 11 is 6.56. The second kappa shape index (κ2) is 13.0. The van der Waals surface area contributed by atoms with Crippen LogP contribution < -0.4 is 5.32 Å². The molecule has 10 heteroatoms. The van der Waals surface area contributed by atoms with E-state index in [0.29, 0.717) is 17.3 Å². The molecule has 37 heavy (non-hydrogen) atoms. The van der Waals surface area contributed by atoms with Crippen LogP contribution in [0.3, 0.4) is 0 Å². The van der Waals surface area contributed by atoms with Gasteiger partial charge in [0.15, 0.2) is 5.15 Å². The average Bonchev–Trinajstić information content (AvgIpc) is 3.28. The van der Waals surface area contributed by atoms with Crippen LogP contribution in [-0.2, 0) is 16.1 Å². The van der Waals surface area contributed by atoms with Crippen molar-refractivity contribution in [2.45, 2.75) is 25.8 Å². The molecule has 1 aliphatic heterocycles. The molecule has 0 aliphatic carbocycles. The zero-order valence-electron chi connectivity index (χ0n) is 20.1. The number of para-hydroxylation sites is 1. The van der Waals surface area contributed by atoms with Crippen molar-refractivity contribution in [3.8, 4) is 11.4 Å². The van der Waals surface area contributed by atoms with Crippen LogP contribution in [0, 0.1) is 5.92 Å². The molecule has 0 amide bonds. The van der Waals surface area contributed by atoms with E-state index in [1.807, 2.05) is 18.2 Å². The Morgan fingerprint density at radius 2 is 1.59 bits per heavy atom. The number of aliphatic carboxylic acids is 2. The van der Waals surface area contributed by atoms with Crippen LogP contribution >= 0.6 is 11.6 Å². The van der Waals surface area contributed by atoms with E-state index >= 15 is 0 Å². The number of rotatable bonds is 6. The van der Waals surface area contributed by atoms with Crippen molar-refractivity contribution in [2.75, 3.05) is 13.1 Å². The summed E-state index contributed by atoms with van der Waals surface area (Å²) in [5.74, 6) is -0.782. The molecular weight excluding hydrogens is 496 g/mol. The van der Waals surface area contributed by atoms with Crippen molar-refractivity contribution in [1.82, 2.24) is 19.9 Å². The summed E-state index contributed by atoms with van der Waals surface area (Å²) in [5, 5.41) is 20.7. The molecule has 4 aromatic rings. The van der Waals surface area contributed by atoms with Crippen LogP contribution in [0.25, 0.3) is 33.3 Å². The first-order chi connectivity index (χ1) is 17.4. The number of aromatic nitrogens is 3. The highest BCUT2D eigenvalue weighted by Gasteiger charge is 2.20. The van der Waals surface area contributed by atoms with Crippen LogP contribution in [-0.4, -0.2) is 55.3 Å². The molecule has 3 heterocycles. The Labute approximate surface area is 218 Å². The number of pyridine rings is 1. The lowest BCUT2D eigenvalue weighted by Crippen LogP contribution is -2.28. The molecule has 0 saturated carbocycles. The molecule has 0 bridgehead atoms. The normalized spacial score (nSPS) is 13.8. The summed E-state index contributed by atoms with van der Waals surface area (Å²) in [5.41, 5.74) is 3.93. The van der Waals surface area contributed by atoms with Gasteiger partial charge in [-0.1, -0.05) is 60.1 Å². The fourth-order valence-electron chi connectivity index (χ4n) is 4.45. The number of imidazole rings is 1. The third-order valence-electron chi connectivity index (χ3n) is 6.16. The zero-order valence-corrected chi connectivity index (χ0v) is 20.9. The van der Waals surface area contributed by atoms with E-state index < -0.39 is 11.9 Å². The van der Waals surface area contributed by atoms with Crippen molar-refractivity contribution >= 4 is 45.5 Å². The van der Waals surface area contributed by atoms with E-state index in [2.05, 4.69) is 51.3 Å². The number of halogens is 1. The van der Waals surface area contributed by atoms with Gasteiger partial charge in [-0.3, -0.25) is 0 Å². The number of nitrogens with one attached hydrogen (secondary N) is 1. The molecule has 2 aromatic carbocycles. The molecule has 0 unspecified atom stereocenters.